The highest BCUT2D eigenvalue weighted by atomic mass is 19.3. The molecule has 0 aromatic carbocycles. The van der Waals surface area contributed by atoms with Crippen molar-refractivity contribution in [2.24, 2.45) is 10.8 Å². The fourth-order valence-corrected chi connectivity index (χ4v) is 2.09. The first-order valence-corrected chi connectivity index (χ1v) is 8.17. The minimum atomic E-state index is -2.76. The molecular formula is C18H34F2O. The van der Waals surface area contributed by atoms with E-state index in [-0.39, 0.29) is 11.5 Å². The first kappa shape index (κ1) is 20.6. The largest absolute Gasteiger partial charge is 0.378 e. The smallest absolute Gasteiger partial charge is 0.271 e. The van der Waals surface area contributed by atoms with Gasteiger partial charge in [0.15, 0.2) is 0 Å². The van der Waals surface area contributed by atoms with Gasteiger partial charge in [-0.1, -0.05) is 40.7 Å². The standard InChI is InChI=1S/C18H34F2O/c1-8-17(9-2,14-21-15(3)4)12-10-11-13-18(19,20)16(5,6)7/h11,13,15H,8-10,12,14H2,1-7H3/b13-11+. The van der Waals surface area contributed by atoms with E-state index in [9.17, 15) is 8.78 Å². The molecule has 21 heavy (non-hydrogen) atoms. The molecule has 0 rings (SSSR count). The Bertz CT molecular complexity index is 310. The molecule has 0 aliphatic rings. The second-order valence-corrected chi connectivity index (χ2v) is 7.38. The first-order chi connectivity index (χ1) is 9.49. The molecule has 0 fully saturated rings. The number of allylic oxidation sites excluding steroid dienone is 2. The van der Waals surface area contributed by atoms with Gasteiger partial charge in [-0.25, -0.2) is 8.78 Å². The van der Waals surface area contributed by atoms with E-state index in [2.05, 4.69) is 13.8 Å². The SMILES string of the molecule is CCC(CC)(CC/C=C/C(F)(F)C(C)(C)C)COC(C)C. The van der Waals surface area contributed by atoms with Crippen LogP contribution in [-0.4, -0.2) is 18.6 Å². The highest BCUT2D eigenvalue weighted by Gasteiger charge is 2.40. The molecular weight excluding hydrogens is 270 g/mol. The van der Waals surface area contributed by atoms with E-state index in [4.69, 9.17) is 4.74 Å². The maximum absolute atomic E-state index is 13.9. The second kappa shape index (κ2) is 8.26. The molecule has 0 aromatic heterocycles. The topological polar surface area (TPSA) is 9.23 Å². The third kappa shape index (κ3) is 6.90. The average Bonchev–Trinajstić information content (AvgIpc) is 2.37. The van der Waals surface area contributed by atoms with Crippen molar-refractivity contribution in [1.82, 2.24) is 0 Å². The summed E-state index contributed by atoms with van der Waals surface area (Å²) in [4.78, 5) is 0. The highest BCUT2D eigenvalue weighted by Crippen LogP contribution is 2.37. The molecule has 0 amide bonds. The Morgan fingerprint density at radius 3 is 1.95 bits per heavy atom. The van der Waals surface area contributed by atoms with Gasteiger partial charge in [0.1, 0.15) is 0 Å². The lowest BCUT2D eigenvalue weighted by atomic mass is 9.78. The number of ether oxygens (including phenoxy) is 1. The van der Waals surface area contributed by atoms with Crippen LogP contribution in [0.25, 0.3) is 0 Å². The van der Waals surface area contributed by atoms with E-state index in [1.165, 1.54) is 0 Å². The zero-order chi connectivity index (χ0) is 16.7. The molecule has 0 saturated heterocycles. The number of alkyl halides is 2. The number of hydrogen-bond acceptors (Lipinski definition) is 1. The van der Waals surface area contributed by atoms with Crippen LogP contribution in [0.2, 0.25) is 0 Å². The molecule has 0 aromatic rings. The predicted molar refractivity (Wildman–Crippen MR) is 86.9 cm³/mol. The molecule has 1 nitrogen and oxygen atoms in total. The van der Waals surface area contributed by atoms with Crippen molar-refractivity contribution in [3.63, 3.8) is 0 Å². The van der Waals surface area contributed by atoms with Crippen molar-refractivity contribution in [2.45, 2.75) is 86.2 Å². The normalized spacial score (nSPS) is 14.4. The van der Waals surface area contributed by atoms with Crippen LogP contribution in [0.5, 0.6) is 0 Å². The Hall–Kier alpha value is -0.440. The molecule has 0 aliphatic carbocycles. The molecule has 3 heteroatoms. The summed E-state index contributed by atoms with van der Waals surface area (Å²) in [5.41, 5.74) is -0.928. The fraction of sp³-hybridized carbons (Fsp3) is 0.889. The van der Waals surface area contributed by atoms with Crippen LogP contribution in [0.4, 0.5) is 8.78 Å². The van der Waals surface area contributed by atoms with Crippen LogP contribution in [0.1, 0.15) is 74.1 Å². The van der Waals surface area contributed by atoms with Gasteiger partial charge in [0.25, 0.3) is 5.92 Å². The third-order valence-electron chi connectivity index (χ3n) is 4.39. The number of hydrogen-bond donors (Lipinski definition) is 0. The van der Waals surface area contributed by atoms with E-state index in [1.54, 1.807) is 26.8 Å². The van der Waals surface area contributed by atoms with Gasteiger partial charge >= 0.3 is 0 Å². The van der Waals surface area contributed by atoms with Gasteiger partial charge in [-0.3, -0.25) is 0 Å². The number of rotatable bonds is 9. The van der Waals surface area contributed by atoms with Crippen molar-refractivity contribution in [3.05, 3.63) is 12.2 Å². The lowest BCUT2D eigenvalue weighted by Crippen LogP contribution is -2.31. The van der Waals surface area contributed by atoms with Crippen LogP contribution in [0, 0.1) is 10.8 Å². The minimum Gasteiger partial charge on any atom is -0.378 e. The van der Waals surface area contributed by atoms with Crippen molar-refractivity contribution in [2.75, 3.05) is 6.61 Å². The van der Waals surface area contributed by atoms with E-state index >= 15 is 0 Å². The summed E-state index contributed by atoms with van der Waals surface area (Å²) in [7, 11) is 0. The molecule has 126 valence electrons. The number of halogens is 2. The Labute approximate surface area is 130 Å². The minimum absolute atomic E-state index is 0.103. The molecule has 0 heterocycles. The van der Waals surface area contributed by atoms with Gasteiger partial charge in [-0.15, -0.1) is 0 Å². The summed E-state index contributed by atoms with van der Waals surface area (Å²) < 4.78 is 33.5. The van der Waals surface area contributed by atoms with Crippen molar-refractivity contribution in [1.29, 1.82) is 0 Å². The zero-order valence-corrected chi connectivity index (χ0v) is 14.9. The van der Waals surface area contributed by atoms with E-state index in [0.717, 1.165) is 25.3 Å². The average molecular weight is 304 g/mol. The molecule has 0 aliphatic heterocycles. The second-order valence-electron chi connectivity index (χ2n) is 7.38. The lowest BCUT2D eigenvalue weighted by Gasteiger charge is -2.32. The van der Waals surface area contributed by atoms with E-state index in [1.807, 2.05) is 13.8 Å². The molecule has 0 saturated carbocycles. The molecule has 0 unspecified atom stereocenters. The quantitative estimate of drug-likeness (QED) is 0.458. The summed E-state index contributed by atoms with van der Waals surface area (Å²) in [6, 6.07) is 0. The summed E-state index contributed by atoms with van der Waals surface area (Å²) in [6.45, 7) is 13.8. The summed E-state index contributed by atoms with van der Waals surface area (Å²) in [5.74, 6) is -2.76. The van der Waals surface area contributed by atoms with Gasteiger partial charge in [-0.05, 0) is 51.0 Å². The van der Waals surface area contributed by atoms with Crippen LogP contribution >= 0.6 is 0 Å². The lowest BCUT2D eigenvalue weighted by molar-refractivity contribution is -0.0503. The van der Waals surface area contributed by atoms with E-state index < -0.39 is 11.3 Å². The summed E-state index contributed by atoms with van der Waals surface area (Å²) in [5, 5.41) is 0. The van der Waals surface area contributed by atoms with Gasteiger partial charge < -0.3 is 4.74 Å². The van der Waals surface area contributed by atoms with Gasteiger partial charge in [0.05, 0.1) is 12.7 Å². The first-order valence-electron chi connectivity index (χ1n) is 8.17. The van der Waals surface area contributed by atoms with Crippen molar-refractivity contribution < 1.29 is 13.5 Å². The molecule has 0 N–H and O–H groups in total. The Morgan fingerprint density at radius 1 is 1.05 bits per heavy atom. The van der Waals surface area contributed by atoms with Crippen molar-refractivity contribution in [3.8, 4) is 0 Å². The third-order valence-corrected chi connectivity index (χ3v) is 4.39. The van der Waals surface area contributed by atoms with Crippen LogP contribution < -0.4 is 0 Å². The van der Waals surface area contributed by atoms with Crippen LogP contribution in [0.15, 0.2) is 12.2 Å². The van der Waals surface area contributed by atoms with Gasteiger partial charge in [0, 0.05) is 5.41 Å². The maximum Gasteiger partial charge on any atom is 0.271 e. The summed E-state index contributed by atoms with van der Waals surface area (Å²) in [6.07, 6.45) is 6.52. The summed E-state index contributed by atoms with van der Waals surface area (Å²) >= 11 is 0. The van der Waals surface area contributed by atoms with Crippen molar-refractivity contribution >= 4 is 0 Å². The van der Waals surface area contributed by atoms with Gasteiger partial charge in [-0.2, -0.15) is 0 Å². The monoisotopic (exact) mass is 304 g/mol. The zero-order valence-electron chi connectivity index (χ0n) is 14.9. The highest BCUT2D eigenvalue weighted by molar-refractivity contribution is 5.01. The Morgan fingerprint density at radius 2 is 1.57 bits per heavy atom. The predicted octanol–water partition coefficient (Wildman–Crippen LogP) is 6.24. The Kier molecular flexibility index (Phi) is 8.09. The van der Waals surface area contributed by atoms with Crippen LogP contribution in [-0.2, 0) is 4.74 Å². The van der Waals surface area contributed by atoms with Gasteiger partial charge in [0.2, 0.25) is 0 Å². The Balaban J connectivity index is 4.57. The molecule has 0 bridgehead atoms. The molecule has 0 spiro atoms. The fourth-order valence-electron chi connectivity index (χ4n) is 2.09. The molecule has 0 atom stereocenters. The maximum atomic E-state index is 13.9. The van der Waals surface area contributed by atoms with E-state index in [0.29, 0.717) is 13.0 Å². The molecule has 0 radical (unpaired) electrons. The van der Waals surface area contributed by atoms with Crippen LogP contribution in [0.3, 0.4) is 0 Å².